The van der Waals surface area contributed by atoms with Crippen molar-refractivity contribution in [3.05, 3.63) is 52.8 Å². The fraction of sp³-hybridized carbons (Fsp3) is 0.250. The number of fused-ring (bicyclic) bond motifs is 1. The molecule has 0 spiro atoms. The summed E-state index contributed by atoms with van der Waals surface area (Å²) >= 11 is 0. The molecule has 0 aliphatic carbocycles. The Morgan fingerprint density at radius 1 is 1.13 bits per heavy atom. The number of hydrogen-bond acceptors (Lipinski definition) is 5. The van der Waals surface area contributed by atoms with Gasteiger partial charge in [-0.3, -0.25) is 14.3 Å². The van der Waals surface area contributed by atoms with Gasteiger partial charge in [-0.25, -0.2) is 4.79 Å². The maximum Gasteiger partial charge on any atom is 0.384 e. The Balaban J connectivity index is 1.83. The molecule has 0 N–H and O–H groups in total. The zero-order valence-electron chi connectivity index (χ0n) is 12.9. The van der Waals surface area contributed by atoms with Crippen LogP contribution in [0.15, 0.2) is 30.3 Å². The minimum absolute atomic E-state index is 0.0488. The van der Waals surface area contributed by atoms with E-state index in [1.54, 1.807) is 22.9 Å². The van der Waals surface area contributed by atoms with Crippen LogP contribution in [-0.4, -0.2) is 32.6 Å². The lowest BCUT2D eigenvalue weighted by Crippen LogP contribution is -2.32. The molecule has 0 bridgehead atoms. The van der Waals surface area contributed by atoms with Gasteiger partial charge in [0.25, 0.3) is 11.8 Å². The monoisotopic (exact) mass is 313 g/mol. The van der Waals surface area contributed by atoms with Gasteiger partial charge < -0.3 is 4.84 Å². The highest BCUT2D eigenvalue weighted by Crippen LogP contribution is 2.23. The number of rotatable bonds is 3. The number of carbonyl (C=O) groups excluding carboxylic acids is 3. The Bertz CT molecular complexity index is 787. The van der Waals surface area contributed by atoms with E-state index in [2.05, 4.69) is 5.10 Å². The predicted molar refractivity (Wildman–Crippen MR) is 79.7 cm³/mol. The van der Waals surface area contributed by atoms with Crippen molar-refractivity contribution in [1.82, 2.24) is 14.8 Å². The molecule has 1 aliphatic rings. The van der Waals surface area contributed by atoms with E-state index in [1.165, 1.54) is 12.1 Å². The average molecular weight is 313 g/mol. The second-order valence-corrected chi connectivity index (χ2v) is 5.54. The van der Waals surface area contributed by atoms with Crippen molar-refractivity contribution in [2.24, 2.45) is 0 Å². The number of hydrogen-bond donors (Lipinski definition) is 0. The third-order valence-electron chi connectivity index (χ3n) is 3.55. The molecule has 0 radical (unpaired) electrons. The Hall–Kier alpha value is -2.96. The lowest BCUT2D eigenvalue weighted by molar-refractivity contribution is -0.0589. The smallest absolute Gasteiger partial charge is 0.322 e. The summed E-state index contributed by atoms with van der Waals surface area (Å²) in [5.74, 6) is -2.15. The molecule has 118 valence electrons. The van der Waals surface area contributed by atoms with Gasteiger partial charge in [0.2, 0.25) is 0 Å². The number of aromatic nitrogens is 2. The summed E-state index contributed by atoms with van der Waals surface area (Å²) in [5, 5.41) is 4.63. The summed E-state index contributed by atoms with van der Waals surface area (Å²) in [6.45, 7) is 5.67. The molecule has 0 saturated carbocycles. The van der Waals surface area contributed by atoms with E-state index in [9.17, 15) is 14.4 Å². The van der Waals surface area contributed by atoms with E-state index in [0.29, 0.717) is 5.06 Å². The van der Waals surface area contributed by atoms with Gasteiger partial charge in [0, 0.05) is 11.7 Å². The normalized spacial score (nSPS) is 13.7. The summed E-state index contributed by atoms with van der Waals surface area (Å²) in [6.07, 6.45) is 0. The van der Waals surface area contributed by atoms with Gasteiger partial charge in [0.15, 0.2) is 5.69 Å². The van der Waals surface area contributed by atoms with Crippen molar-refractivity contribution in [3.63, 3.8) is 0 Å². The van der Waals surface area contributed by atoms with Gasteiger partial charge in [-0.15, -0.1) is 0 Å². The first-order valence-electron chi connectivity index (χ1n) is 7.16. The summed E-state index contributed by atoms with van der Waals surface area (Å²) in [6, 6.07) is 7.95. The van der Waals surface area contributed by atoms with E-state index >= 15 is 0 Å². The number of imide groups is 1. The number of hydroxylamine groups is 2. The second kappa shape index (κ2) is 5.35. The highest BCUT2D eigenvalue weighted by molar-refractivity contribution is 6.21. The minimum Gasteiger partial charge on any atom is -0.322 e. The van der Waals surface area contributed by atoms with Crippen molar-refractivity contribution < 1.29 is 19.2 Å². The van der Waals surface area contributed by atoms with Crippen LogP contribution >= 0.6 is 0 Å². The number of benzene rings is 1. The standard InChI is InChI=1S/C16H15N3O4/c1-9(2)18-10(3)8-13(17-18)16(22)23-19-14(20)11-6-4-5-7-12(11)15(19)21/h4-9H,1-3H3. The molecule has 0 saturated heterocycles. The summed E-state index contributed by atoms with van der Waals surface area (Å²) in [5.41, 5.74) is 1.27. The first-order chi connectivity index (χ1) is 10.9. The average Bonchev–Trinajstić information content (AvgIpc) is 3.02. The van der Waals surface area contributed by atoms with Crippen LogP contribution in [0.4, 0.5) is 0 Å². The number of carbonyl (C=O) groups is 3. The Labute approximate surface area is 132 Å². The Morgan fingerprint density at radius 3 is 2.17 bits per heavy atom. The molecule has 1 aliphatic heterocycles. The van der Waals surface area contributed by atoms with Crippen LogP contribution in [0.3, 0.4) is 0 Å². The molecular formula is C16H15N3O4. The van der Waals surface area contributed by atoms with Gasteiger partial charge in [-0.1, -0.05) is 17.2 Å². The predicted octanol–water partition coefficient (Wildman–Crippen LogP) is 2.14. The van der Waals surface area contributed by atoms with Crippen LogP contribution in [0.1, 0.15) is 56.8 Å². The molecule has 7 heteroatoms. The van der Waals surface area contributed by atoms with Crippen LogP contribution in [0.2, 0.25) is 0 Å². The molecule has 3 rings (SSSR count). The highest BCUT2D eigenvalue weighted by atomic mass is 16.7. The van der Waals surface area contributed by atoms with E-state index in [4.69, 9.17) is 4.84 Å². The fourth-order valence-corrected chi connectivity index (χ4v) is 2.49. The summed E-state index contributed by atoms with van der Waals surface area (Å²) in [7, 11) is 0. The van der Waals surface area contributed by atoms with Crippen LogP contribution in [-0.2, 0) is 4.84 Å². The molecule has 7 nitrogen and oxygen atoms in total. The molecule has 0 fully saturated rings. The van der Waals surface area contributed by atoms with E-state index < -0.39 is 17.8 Å². The third-order valence-corrected chi connectivity index (χ3v) is 3.55. The maximum atomic E-state index is 12.2. The van der Waals surface area contributed by atoms with Crippen LogP contribution < -0.4 is 0 Å². The summed E-state index contributed by atoms with van der Waals surface area (Å²) in [4.78, 5) is 41.5. The van der Waals surface area contributed by atoms with Gasteiger partial charge >= 0.3 is 5.97 Å². The molecule has 2 aromatic rings. The lowest BCUT2D eigenvalue weighted by Gasteiger charge is -2.11. The fourth-order valence-electron chi connectivity index (χ4n) is 2.49. The number of amides is 2. The van der Waals surface area contributed by atoms with Crippen molar-refractivity contribution in [2.45, 2.75) is 26.8 Å². The SMILES string of the molecule is Cc1cc(C(=O)ON2C(=O)c3ccccc3C2=O)nn1C(C)C. The van der Waals surface area contributed by atoms with Gasteiger partial charge in [0.1, 0.15) is 0 Å². The first kappa shape index (κ1) is 15.0. The topological polar surface area (TPSA) is 81.5 Å². The Morgan fingerprint density at radius 2 is 1.70 bits per heavy atom. The maximum absolute atomic E-state index is 12.2. The second-order valence-electron chi connectivity index (χ2n) is 5.54. The van der Waals surface area contributed by atoms with Crippen molar-refractivity contribution in [1.29, 1.82) is 0 Å². The molecule has 0 atom stereocenters. The molecule has 1 aromatic heterocycles. The third kappa shape index (κ3) is 2.40. The quantitative estimate of drug-likeness (QED) is 0.811. The molecule has 0 unspecified atom stereocenters. The molecule has 2 amide bonds. The van der Waals surface area contributed by atoms with Crippen LogP contribution in [0, 0.1) is 6.92 Å². The van der Waals surface area contributed by atoms with E-state index in [0.717, 1.165) is 5.69 Å². The zero-order valence-corrected chi connectivity index (χ0v) is 12.9. The highest BCUT2D eigenvalue weighted by Gasteiger charge is 2.39. The summed E-state index contributed by atoms with van der Waals surface area (Å²) < 4.78 is 1.67. The van der Waals surface area contributed by atoms with Crippen molar-refractivity contribution >= 4 is 17.8 Å². The number of aryl methyl sites for hydroxylation is 1. The molecule has 2 heterocycles. The number of nitrogens with zero attached hydrogens (tertiary/aromatic N) is 3. The lowest BCUT2D eigenvalue weighted by atomic mass is 10.1. The van der Waals surface area contributed by atoms with Crippen molar-refractivity contribution in [3.8, 4) is 0 Å². The zero-order chi connectivity index (χ0) is 16.7. The minimum atomic E-state index is -0.845. The van der Waals surface area contributed by atoms with Crippen LogP contribution in [0.5, 0.6) is 0 Å². The van der Waals surface area contributed by atoms with Crippen LogP contribution in [0.25, 0.3) is 0 Å². The van der Waals surface area contributed by atoms with Gasteiger partial charge in [0.05, 0.1) is 11.1 Å². The molecule has 1 aromatic carbocycles. The van der Waals surface area contributed by atoms with E-state index in [-0.39, 0.29) is 22.9 Å². The first-order valence-corrected chi connectivity index (χ1v) is 7.16. The van der Waals surface area contributed by atoms with E-state index in [1.807, 2.05) is 20.8 Å². The molecule has 23 heavy (non-hydrogen) atoms. The van der Waals surface area contributed by atoms with Crippen molar-refractivity contribution in [2.75, 3.05) is 0 Å². The largest absolute Gasteiger partial charge is 0.384 e. The van der Waals surface area contributed by atoms with Gasteiger partial charge in [-0.05, 0) is 39.0 Å². The Kier molecular flexibility index (Phi) is 3.48. The molecular weight excluding hydrogens is 298 g/mol. The van der Waals surface area contributed by atoms with Gasteiger partial charge in [-0.2, -0.15) is 5.10 Å².